The smallest absolute Gasteiger partial charge is 0.111 e. The lowest BCUT2D eigenvalue weighted by Gasteiger charge is -2.00. The van der Waals surface area contributed by atoms with Crippen LogP contribution in [0.2, 0.25) is 0 Å². The maximum Gasteiger partial charge on any atom is 0.111 e. The van der Waals surface area contributed by atoms with Gasteiger partial charge in [0.1, 0.15) is 5.76 Å². The Bertz CT molecular complexity index is 378. The molecule has 0 atom stereocenters. The topological polar surface area (TPSA) is 9.23 Å². The van der Waals surface area contributed by atoms with Crippen LogP contribution in [0.3, 0.4) is 0 Å². The van der Waals surface area contributed by atoms with Gasteiger partial charge in [-0.1, -0.05) is 57.2 Å². The first-order chi connectivity index (χ1) is 7.51. The van der Waals surface area contributed by atoms with E-state index in [0.29, 0.717) is 5.76 Å². The van der Waals surface area contributed by atoms with Crippen LogP contribution >= 0.6 is 0 Å². The largest absolute Gasteiger partial charge is 0.497 e. The minimum Gasteiger partial charge on any atom is -0.497 e. The summed E-state index contributed by atoms with van der Waals surface area (Å²) in [6.07, 6.45) is 8.89. The van der Waals surface area contributed by atoms with Crippen LogP contribution in [0.25, 0.3) is 0 Å². The lowest BCUT2D eigenvalue weighted by Crippen LogP contribution is -1.81. The second kappa shape index (κ2) is 7.30. The summed E-state index contributed by atoms with van der Waals surface area (Å²) in [5.41, 5.74) is 2.44. The molecule has 0 heterocycles. The third-order valence-corrected chi connectivity index (χ3v) is 1.91. The Morgan fingerprint density at radius 1 is 0.875 bits per heavy atom. The summed E-state index contributed by atoms with van der Waals surface area (Å²) in [5.74, 6) is 0.577. The van der Waals surface area contributed by atoms with Crippen LogP contribution < -0.4 is 0 Å². The molecule has 0 radical (unpaired) electrons. The van der Waals surface area contributed by atoms with Crippen LogP contribution in [0.4, 0.5) is 0 Å². The van der Waals surface area contributed by atoms with Gasteiger partial charge in [-0.2, -0.15) is 0 Å². The molecule has 0 saturated carbocycles. The number of methoxy groups -OCH3 is 1. The van der Waals surface area contributed by atoms with Gasteiger partial charge in [0.2, 0.25) is 0 Å². The van der Waals surface area contributed by atoms with E-state index in [-0.39, 0.29) is 0 Å². The average molecular weight is 214 g/mol. The molecule has 0 aliphatic heterocycles. The molecular weight excluding hydrogens is 196 g/mol. The van der Waals surface area contributed by atoms with Crippen LogP contribution in [0.15, 0.2) is 85.8 Å². The highest BCUT2D eigenvalue weighted by atomic mass is 16.5. The summed E-state index contributed by atoms with van der Waals surface area (Å²) in [7, 11) is 1.57. The van der Waals surface area contributed by atoms with Crippen molar-refractivity contribution >= 4 is 0 Å². The standard InChI is InChI=1S/C15H18O/c1-7-12(2)8-9-13(3)14(4)10-11-15(5)16-6/h7-11H,1-5H2,6H3/b9-8-,11-10-. The number of hydrogen-bond acceptors (Lipinski definition) is 1. The first-order valence-corrected chi connectivity index (χ1v) is 4.79. The van der Waals surface area contributed by atoms with Crippen molar-refractivity contribution in [3.8, 4) is 0 Å². The lowest BCUT2D eigenvalue weighted by atomic mass is 10.1. The molecule has 16 heavy (non-hydrogen) atoms. The SMILES string of the molecule is C=CC(=C)/C=C\C(=C)C(=C)/C=C\C(=C)OC. The molecule has 84 valence electrons. The molecule has 0 amide bonds. The molecule has 0 aromatic heterocycles. The average Bonchev–Trinajstić information content (AvgIpc) is 2.31. The van der Waals surface area contributed by atoms with E-state index in [2.05, 4.69) is 32.9 Å². The van der Waals surface area contributed by atoms with Gasteiger partial charge in [0, 0.05) is 0 Å². The minimum atomic E-state index is 0.577. The fraction of sp³-hybridized carbons (Fsp3) is 0.0667. The van der Waals surface area contributed by atoms with Gasteiger partial charge in [-0.05, 0) is 22.8 Å². The number of hydrogen-bond donors (Lipinski definition) is 0. The van der Waals surface area contributed by atoms with E-state index in [4.69, 9.17) is 4.74 Å². The van der Waals surface area contributed by atoms with Crippen molar-refractivity contribution in [2.75, 3.05) is 7.11 Å². The molecule has 0 rings (SSSR count). The highest BCUT2D eigenvalue weighted by molar-refractivity contribution is 5.45. The molecule has 0 aromatic rings. The summed E-state index contributed by atoms with van der Waals surface area (Å²) >= 11 is 0. The minimum absolute atomic E-state index is 0.577. The van der Waals surface area contributed by atoms with Crippen LogP contribution in [-0.4, -0.2) is 7.11 Å². The number of allylic oxidation sites excluding steroid dienone is 8. The molecule has 0 aliphatic carbocycles. The number of rotatable bonds is 7. The van der Waals surface area contributed by atoms with E-state index in [1.807, 2.05) is 12.2 Å². The molecule has 0 N–H and O–H groups in total. The number of ether oxygens (including phenoxy) is 1. The zero-order valence-corrected chi connectivity index (χ0v) is 9.83. The molecule has 0 aromatic carbocycles. The normalized spacial score (nSPS) is 10.3. The van der Waals surface area contributed by atoms with E-state index in [9.17, 15) is 0 Å². The Hall–Kier alpha value is -2.02. The van der Waals surface area contributed by atoms with Crippen molar-refractivity contribution in [3.05, 3.63) is 85.8 Å². The Balaban J connectivity index is 4.41. The van der Waals surface area contributed by atoms with Gasteiger partial charge in [0.05, 0.1) is 7.11 Å². The molecule has 1 nitrogen and oxygen atoms in total. The maximum absolute atomic E-state index is 4.90. The monoisotopic (exact) mass is 214 g/mol. The summed E-state index contributed by atoms with van der Waals surface area (Å²) in [4.78, 5) is 0. The Morgan fingerprint density at radius 2 is 1.38 bits per heavy atom. The predicted octanol–water partition coefficient (Wildman–Crippen LogP) is 4.11. The fourth-order valence-corrected chi connectivity index (χ4v) is 0.751. The molecule has 0 aliphatic rings. The molecule has 0 bridgehead atoms. The molecule has 0 saturated heterocycles. The highest BCUT2D eigenvalue weighted by Crippen LogP contribution is 2.11. The maximum atomic E-state index is 4.90. The van der Waals surface area contributed by atoms with E-state index in [1.165, 1.54) is 0 Å². The lowest BCUT2D eigenvalue weighted by molar-refractivity contribution is 0.309. The van der Waals surface area contributed by atoms with Gasteiger partial charge < -0.3 is 4.74 Å². The predicted molar refractivity (Wildman–Crippen MR) is 72.0 cm³/mol. The van der Waals surface area contributed by atoms with Crippen molar-refractivity contribution in [3.63, 3.8) is 0 Å². The quantitative estimate of drug-likeness (QED) is 0.457. The van der Waals surface area contributed by atoms with E-state index >= 15 is 0 Å². The van der Waals surface area contributed by atoms with E-state index in [1.54, 1.807) is 25.3 Å². The van der Waals surface area contributed by atoms with Crippen LogP contribution in [0, 0.1) is 0 Å². The van der Waals surface area contributed by atoms with Crippen LogP contribution in [0.1, 0.15) is 0 Å². The van der Waals surface area contributed by atoms with E-state index in [0.717, 1.165) is 16.7 Å². The first-order valence-electron chi connectivity index (χ1n) is 4.79. The molecular formula is C15H18O. The Morgan fingerprint density at radius 3 is 1.81 bits per heavy atom. The van der Waals surface area contributed by atoms with Gasteiger partial charge in [-0.3, -0.25) is 0 Å². The molecule has 0 spiro atoms. The van der Waals surface area contributed by atoms with Gasteiger partial charge in [-0.25, -0.2) is 0 Å². The third kappa shape index (κ3) is 5.66. The summed E-state index contributed by atoms with van der Waals surface area (Å²) in [6.45, 7) is 18.8. The van der Waals surface area contributed by atoms with Crippen molar-refractivity contribution in [2.24, 2.45) is 0 Å². The summed E-state index contributed by atoms with van der Waals surface area (Å²) < 4.78 is 4.90. The van der Waals surface area contributed by atoms with E-state index < -0.39 is 0 Å². The van der Waals surface area contributed by atoms with Gasteiger partial charge in [-0.15, -0.1) is 0 Å². The fourth-order valence-electron chi connectivity index (χ4n) is 0.751. The molecule has 0 unspecified atom stereocenters. The van der Waals surface area contributed by atoms with Gasteiger partial charge in [0.25, 0.3) is 0 Å². The second-order valence-electron chi connectivity index (χ2n) is 3.17. The zero-order chi connectivity index (χ0) is 12.6. The van der Waals surface area contributed by atoms with Crippen LogP contribution in [-0.2, 0) is 4.74 Å². The zero-order valence-electron chi connectivity index (χ0n) is 9.83. The van der Waals surface area contributed by atoms with Gasteiger partial charge in [0.15, 0.2) is 0 Å². The molecule has 1 heteroatoms. The third-order valence-electron chi connectivity index (χ3n) is 1.91. The molecule has 0 fully saturated rings. The van der Waals surface area contributed by atoms with Crippen molar-refractivity contribution in [1.82, 2.24) is 0 Å². The van der Waals surface area contributed by atoms with Crippen molar-refractivity contribution in [2.45, 2.75) is 0 Å². The first kappa shape index (κ1) is 14.0. The Labute approximate surface area is 98.1 Å². The van der Waals surface area contributed by atoms with Crippen molar-refractivity contribution < 1.29 is 4.74 Å². The van der Waals surface area contributed by atoms with Crippen LogP contribution in [0.5, 0.6) is 0 Å². The second-order valence-corrected chi connectivity index (χ2v) is 3.17. The van der Waals surface area contributed by atoms with Crippen molar-refractivity contribution in [1.29, 1.82) is 0 Å². The summed E-state index contributed by atoms with van der Waals surface area (Å²) in [6, 6.07) is 0. The summed E-state index contributed by atoms with van der Waals surface area (Å²) in [5, 5.41) is 0. The Kier molecular flexibility index (Phi) is 6.37. The van der Waals surface area contributed by atoms with Gasteiger partial charge >= 0.3 is 0 Å². The highest BCUT2D eigenvalue weighted by Gasteiger charge is 1.92.